The fraction of sp³-hybridized carbons (Fsp3) is 0.792. The van der Waals surface area contributed by atoms with Crippen molar-refractivity contribution in [3.63, 3.8) is 0 Å². The molecule has 0 spiro atoms. The van der Waals surface area contributed by atoms with Gasteiger partial charge in [-0.05, 0) is 71.6 Å². The maximum Gasteiger partial charge on any atom is 0.252 e. The normalized spacial score (nSPS) is 24.6. The van der Waals surface area contributed by atoms with E-state index >= 15 is 0 Å². The Balaban J connectivity index is 1.69. The van der Waals surface area contributed by atoms with Gasteiger partial charge in [0.25, 0.3) is 5.91 Å². The summed E-state index contributed by atoms with van der Waals surface area (Å²) in [5.41, 5.74) is 6.70. The van der Waals surface area contributed by atoms with Crippen LogP contribution in [0.1, 0.15) is 72.1 Å². The molecule has 1 atom stereocenters. The molecule has 32 heavy (non-hydrogen) atoms. The molecule has 8 heteroatoms. The van der Waals surface area contributed by atoms with E-state index in [1.165, 1.54) is 6.42 Å². The van der Waals surface area contributed by atoms with Crippen molar-refractivity contribution < 1.29 is 14.3 Å². The maximum absolute atomic E-state index is 13.3. The van der Waals surface area contributed by atoms with Gasteiger partial charge in [0.15, 0.2) is 0 Å². The minimum Gasteiger partial charge on any atom is -0.400 e. The van der Waals surface area contributed by atoms with Crippen molar-refractivity contribution in [2.45, 2.75) is 94.6 Å². The molecule has 2 aliphatic carbocycles. The van der Waals surface area contributed by atoms with E-state index in [0.717, 1.165) is 44.9 Å². The Kier molecular flexibility index (Phi) is 7.06. The first-order valence-corrected chi connectivity index (χ1v) is 14.7. The third-order valence-corrected chi connectivity index (χ3v) is 10.8. The number of nitrogens with two attached hydrogens (primary N) is 1. The number of amidine groups is 1. The second-order valence-corrected chi connectivity index (χ2v) is 15.4. The number of carbonyl (C=O) groups excluding carboxylic acids is 2. The number of rotatable bonds is 6. The van der Waals surface area contributed by atoms with Crippen LogP contribution in [0, 0.1) is 5.41 Å². The minimum absolute atomic E-state index is 0.0200. The second-order valence-electron chi connectivity index (χ2n) is 10.9. The summed E-state index contributed by atoms with van der Waals surface area (Å²) in [6.45, 7) is 5.80. The Morgan fingerprint density at radius 2 is 1.75 bits per heavy atom. The Bertz CT molecular complexity index is 805. The molecule has 0 bridgehead atoms. The second kappa shape index (κ2) is 9.01. The van der Waals surface area contributed by atoms with Gasteiger partial charge in [-0.15, -0.1) is 0 Å². The van der Waals surface area contributed by atoms with Crippen LogP contribution in [0.25, 0.3) is 0 Å². The van der Waals surface area contributed by atoms with Crippen LogP contribution in [0.3, 0.4) is 0 Å². The van der Waals surface area contributed by atoms with E-state index in [1.807, 2.05) is 13.8 Å². The molecule has 182 valence electrons. The smallest absolute Gasteiger partial charge is 0.252 e. The molecule has 0 radical (unpaired) electrons. The first-order chi connectivity index (χ1) is 14.8. The van der Waals surface area contributed by atoms with Crippen LogP contribution >= 0.6 is 10.0 Å². The molecule has 2 amide bonds. The van der Waals surface area contributed by atoms with Crippen LogP contribution < -0.4 is 11.1 Å². The molecule has 0 saturated heterocycles. The zero-order chi connectivity index (χ0) is 23.9. The molecule has 1 unspecified atom stereocenters. The van der Waals surface area contributed by atoms with Gasteiger partial charge in [-0.3, -0.25) is 15.0 Å². The Labute approximate surface area is 194 Å². The highest BCUT2D eigenvalue weighted by Crippen LogP contribution is 2.60. The van der Waals surface area contributed by atoms with Crippen molar-refractivity contribution in [1.29, 1.82) is 5.41 Å². The third kappa shape index (κ3) is 4.45. The largest absolute Gasteiger partial charge is 0.400 e. The van der Waals surface area contributed by atoms with E-state index < -0.39 is 21.7 Å². The molecule has 0 aromatic rings. The van der Waals surface area contributed by atoms with Crippen LogP contribution in [0.15, 0.2) is 11.3 Å². The number of hydrogen-bond acceptors (Lipinski definition) is 5. The summed E-state index contributed by atoms with van der Waals surface area (Å²) < 4.78 is 5.71. The minimum atomic E-state index is -1.12. The fourth-order valence-corrected chi connectivity index (χ4v) is 7.33. The van der Waals surface area contributed by atoms with E-state index in [2.05, 4.69) is 24.1 Å². The van der Waals surface area contributed by atoms with E-state index in [4.69, 9.17) is 15.9 Å². The maximum atomic E-state index is 13.3. The number of hydrogen-bond donors (Lipinski definition) is 3. The van der Waals surface area contributed by atoms with Gasteiger partial charge in [0.1, 0.15) is 11.9 Å². The molecule has 2 fully saturated rings. The fourth-order valence-electron chi connectivity index (χ4n) is 5.21. The van der Waals surface area contributed by atoms with Crippen molar-refractivity contribution in [2.24, 2.45) is 5.73 Å². The van der Waals surface area contributed by atoms with Crippen LogP contribution in [-0.2, 0) is 14.3 Å². The quantitative estimate of drug-likeness (QED) is 0.412. The van der Waals surface area contributed by atoms with Gasteiger partial charge >= 0.3 is 0 Å². The van der Waals surface area contributed by atoms with Crippen LogP contribution in [0.4, 0.5) is 0 Å². The standard InChI is InChI=1S/C24H42N4O3S/c1-16(31-17-11-8-7-9-12-17)21(29)28-15-18(19(25)23(28,2)3)20(26)27-22(30)24(13-10-14-24)32(4,5)6/h16-17H,7-15,25H2,1-6H3,(H2,26,27,30). The first kappa shape index (κ1) is 25.1. The summed E-state index contributed by atoms with van der Waals surface area (Å²) in [6, 6.07) is 0. The van der Waals surface area contributed by atoms with Gasteiger partial charge in [0.05, 0.1) is 22.9 Å². The number of ether oxygens (including phenoxy) is 1. The summed E-state index contributed by atoms with van der Waals surface area (Å²) in [5, 5.41) is 11.5. The average Bonchev–Trinajstić information content (AvgIpc) is 2.89. The van der Waals surface area contributed by atoms with Crippen molar-refractivity contribution in [2.75, 3.05) is 25.3 Å². The van der Waals surface area contributed by atoms with Crippen LogP contribution in [-0.4, -0.2) is 70.4 Å². The Hall–Kier alpha value is -1.54. The molecular weight excluding hydrogens is 424 g/mol. The number of nitrogens with zero attached hydrogens (tertiary/aromatic N) is 1. The lowest BCUT2D eigenvalue weighted by Gasteiger charge is -2.53. The highest BCUT2D eigenvalue weighted by Gasteiger charge is 2.51. The van der Waals surface area contributed by atoms with Gasteiger partial charge in [-0.1, -0.05) is 19.3 Å². The van der Waals surface area contributed by atoms with E-state index in [0.29, 0.717) is 11.3 Å². The molecule has 1 aliphatic heterocycles. The van der Waals surface area contributed by atoms with E-state index in [9.17, 15) is 9.59 Å². The van der Waals surface area contributed by atoms with Gasteiger partial charge in [-0.25, -0.2) is 10.0 Å². The lowest BCUT2D eigenvalue weighted by atomic mass is 9.83. The summed E-state index contributed by atoms with van der Waals surface area (Å²) in [6.07, 6.45) is 14.4. The highest BCUT2D eigenvalue weighted by molar-refractivity contribution is 8.33. The van der Waals surface area contributed by atoms with Crippen LogP contribution in [0.2, 0.25) is 0 Å². The zero-order valence-corrected chi connectivity index (χ0v) is 21.5. The van der Waals surface area contributed by atoms with Crippen molar-refractivity contribution >= 4 is 27.7 Å². The SMILES string of the molecule is CC(OC1CCCCC1)C(=O)N1CC(C(=N)NC(=O)C2(S(C)(C)C)CCC2)=C(N)C1(C)C. The van der Waals surface area contributed by atoms with E-state index in [1.54, 1.807) is 11.8 Å². The monoisotopic (exact) mass is 466 g/mol. The molecule has 7 nitrogen and oxygen atoms in total. The summed E-state index contributed by atoms with van der Waals surface area (Å²) in [5.74, 6) is -0.174. The lowest BCUT2D eigenvalue weighted by molar-refractivity contribution is -0.150. The Morgan fingerprint density at radius 1 is 1.16 bits per heavy atom. The molecule has 1 heterocycles. The predicted octanol–water partition coefficient (Wildman–Crippen LogP) is 3.27. The highest BCUT2D eigenvalue weighted by atomic mass is 32.3. The lowest BCUT2D eigenvalue weighted by Crippen LogP contribution is -2.55. The van der Waals surface area contributed by atoms with Gasteiger partial charge in [0, 0.05) is 11.3 Å². The molecule has 4 N–H and O–H groups in total. The average molecular weight is 467 g/mol. The van der Waals surface area contributed by atoms with Crippen molar-refractivity contribution in [1.82, 2.24) is 10.2 Å². The number of amides is 2. The third-order valence-electron chi connectivity index (χ3n) is 7.83. The Morgan fingerprint density at radius 3 is 2.25 bits per heavy atom. The molecule has 0 aromatic heterocycles. The molecular formula is C24H42N4O3S. The van der Waals surface area contributed by atoms with Gasteiger partial charge in [-0.2, -0.15) is 0 Å². The van der Waals surface area contributed by atoms with Gasteiger partial charge < -0.3 is 20.7 Å². The molecule has 3 aliphatic rings. The van der Waals surface area contributed by atoms with Crippen LogP contribution in [0.5, 0.6) is 0 Å². The number of carbonyl (C=O) groups is 2. The molecule has 0 aromatic carbocycles. The summed E-state index contributed by atoms with van der Waals surface area (Å²) in [4.78, 5) is 28.2. The predicted molar refractivity (Wildman–Crippen MR) is 132 cm³/mol. The summed E-state index contributed by atoms with van der Waals surface area (Å²) in [7, 11) is -1.12. The van der Waals surface area contributed by atoms with Crippen molar-refractivity contribution in [3.05, 3.63) is 11.3 Å². The topological polar surface area (TPSA) is 109 Å². The summed E-state index contributed by atoms with van der Waals surface area (Å²) >= 11 is 0. The molecule has 3 rings (SSSR count). The zero-order valence-electron chi connectivity index (χ0n) is 20.7. The van der Waals surface area contributed by atoms with E-state index in [-0.39, 0.29) is 35.0 Å². The first-order valence-electron chi connectivity index (χ1n) is 11.9. The number of nitrogens with one attached hydrogen (secondary N) is 2. The van der Waals surface area contributed by atoms with Crippen molar-refractivity contribution in [3.8, 4) is 0 Å². The molecule has 2 saturated carbocycles. The van der Waals surface area contributed by atoms with Gasteiger partial charge in [0.2, 0.25) is 5.91 Å².